The van der Waals surface area contributed by atoms with Crippen LogP contribution in [0.1, 0.15) is 15.9 Å². The van der Waals surface area contributed by atoms with Crippen molar-refractivity contribution in [3.63, 3.8) is 0 Å². The molecule has 0 unspecified atom stereocenters. The van der Waals surface area contributed by atoms with Crippen LogP contribution in [0.25, 0.3) is 6.08 Å². The van der Waals surface area contributed by atoms with Gasteiger partial charge in [-0.3, -0.25) is 30.1 Å². The Labute approximate surface area is 181 Å². The van der Waals surface area contributed by atoms with Crippen LogP contribution in [-0.4, -0.2) is 33.5 Å². The van der Waals surface area contributed by atoms with Gasteiger partial charge in [-0.15, -0.1) is 0 Å². The maximum Gasteiger partial charge on any atom is 0.269 e. The minimum atomic E-state index is -0.622. The van der Waals surface area contributed by atoms with Crippen molar-refractivity contribution in [3.05, 3.63) is 88.6 Å². The topological polar surface area (TPSA) is 78.5 Å². The van der Waals surface area contributed by atoms with Gasteiger partial charge < -0.3 is 0 Å². The lowest BCUT2D eigenvalue weighted by Gasteiger charge is -2.14. The second kappa shape index (κ2) is 9.95. The van der Waals surface area contributed by atoms with E-state index in [1.54, 1.807) is 12.2 Å². The van der Waals surface area contributed by atoms with Crippen LogP contribution >= 0.6 is 24.0 Å². The van der Waals surface area contributed by atoms with E-state index < -0.39 is 17.6 Å². The monoisotopic (exact) mass is 441 g/mol. The van der Waals surface area contributed by atoms with Crippen LogP contribution in [0.15, 0.2) is 71.7 Å². The molecule has 30 heavy (non-hydrogen) atoms. The number of hydrogen-bond donors (Lipinski definition) is 2. The van der Waals surface area contributed by atoms with E-state index in [1.807, 2.05) is 36.4 Å². The number of carbonyl (C=O) groups is 3. The van der Waals surface area contributed by atoms with Gasteiger partial charge in [0.2, 0.25) is 0 Å². The Balaban J connectivity index is 1.53. The lowest BCUT2D eigenvalue weighted by molar-refractivity contribution is -0.129. The summed E-state index contributed by atoms with van der Waals surface area (Å²) in [6.45, 7) is -0.339. The highest BCUT2D eigenvalue weighted by Crippen LogP contribution is 2.30. The predicted molar refractivity (Wildman–Crippen MR) is 117 cm³/mol. The number of carbonyl (C=O) groups excluding carboxylic acids is 3. The molecule has 2 aromatic rings. The zero-order chi connectivity index (χ0) is 21.5. The van der Waals surface area contributed by atoms with Crippen molar-refractivity contribution in [1.82, 2.24) is 15.8 Å². The summed E-state index contributed by atoms with van der Waals surface area (Å²) in [6, 6.07) is 14.4. The lowest BCUT2D eigenvalue weighted by atomic mass is 10.2. The fourth-order valence-electron chi connectivity index (χ4n) is 2.44. The van der Waals surface area contributed by atoms with Gasteiger partial charge in [0.1, 0.15) is 16.7 Å². The lowest BCUT2D eigenvalue weighted by Crippen LogP contribution is -2.47. The van der Waals surface area contributed by atoms with Crippen LogP contribution in [0.2, 0.25) is 0 Å². The van der Waals surface area contributed by atoms with Crippen molar-refractivity contribution < 1.29 is 18.8 Å². The molecule has 152 valence electrons. The summed E-state index contributed by atoms with van der Waals surface area (Å²) >= 11 is 6.28. The van der Waals surface area contributed by atoms with Gasteiger partial charge in [-0.05, 0) is 35.9 Å². The summed E-state index contributed by atoms with van der Waals surface area (Å²) in [4.78, 5) is 38.1. The summed E-state index contributed by atoms with van der Waals surface area (Å²) in [5.74, 6) is -2.10. The molecule has 1 saturated heterocycles. The normalized spacial score (nSPS) is 15.1. The molecule has 0 saturated carbocycles. The number of allylic oxidation sites excluding steroid dienone is 2. The van der Waals surface area contributed by atoms with Gasteiger partial charge in [-0.25, -0.2) is 4.39 Å². The van der Waals surface area contributed by atoms with E-state index in [-0.39, 0.29) is 22.3 Å². The molecular weight excluding hydrogens is 425 g/mol. The van der Waals surface area contributed by atoms with E-state index in [4.69, 9.17) is 12.2 Å². The predicted octanol–water partition coefficient (Wildman–Crippen LogP) is 3.04. The van der Waals surface area contributed by atoms with E-state index in [0.29, 0.717) is 4.91 Å². The van der Waals surface area contributed by atoms with Gasteiger partial charge in [0.25, 0.3) is 17.7 Å². The Morgan fingerprint density at radius 1 is 1.07 bits per heavy atom. The molecule has 2 aromatic carbocycles. The third kappa shape index (κ3) is 5.62. The standard InChI is InChI=1S/C21H16FN3O3S2/c22-16-11-9-15(10-12-16)19(27)24-23-18(26)13-25-20(28)17(30-21(25)29)8-4-7-14-5-2-1-3-6-14/h1-12H,13H2,(H,23,26)(H,24,27)/b7-4+,17-8-. The fraction of sp³-hybridized carbons (Fsp3) is 0.0476. The van der Waals surface area contributed by atoms with Crippen molar-refractivity contribution in [2.75, 3.05) is 6.54 Å². The highest BCUT2D eigenvalue weighted by Gasteiger charge is 2.33. The highest BCUT2D eigenvalue weighted by molar-refractivity contribution is 8.26. The number of nitrogens with zero attached hydrogens (tertiary/aromatic N) is 1. The Kier molecular flexibility index (Phi) is 7.10. The summed E-state index contributed by atoms with van der Waals surface area (Å²) in [5, 5.41) is 0. The minimum absolute atomic E-state index is 0.176. The number of thioether (sulfide) groups is 1. The number of amides is 3. The maximum absolute atomic E-state index is 12.9. The number of rotatable bonds is 5. The van der Waals surface area contributed by atoms with Gasteiger partial charge in [-0.1, -0.05) is 66.5 Å². The average molecular weight is 442 g/mol. The van der Waals surface area contributed by atoms with Gasteiger partial charge in [0.05, 0.1) is 4.91 Å². The van der Waals surface area contributed by atoms with Crippen molar-refractivity contribution >= 4 is 52.1 Å². The molecule has 0 spiro atoms. The van der Waals surface area contributed by atoms with Crippen LogP contribution in [-0.2, 0) is 9.59 Å². The van der Waals surface area contributed by atoms with E-state index in [9.17, 15) is 18.8 Å². The van der Waals surface area contributed by atoms with E-state index in [2.05, 4.69) is 10.9 Å². The first kappa shape index (κ1) is 21.4. The van der Waals surface area contributed by atoms with Gasteiger partial charge in [0, 0.05) is 5.56 Å². The van der Waals surface area contributed by atoms with Crippen molar-refractivity contribution in [2.45, 2.75) is 0 Å². The van der Waals surface area contributed by atoms with Crippen molar-refractivity contribution in [3.8, 4) is 0 Å². The molecule has 0 radical (unpaired) electrons. The molecule has 0 bridgehead atoms. The van der Waals surface area contributed by atoms with E-state index in [0.717, 1.165) is 34.4 Å². The minimum Gasteiger partial charge on any atom is -0.283 e. The molecule has 0 aromatic heterocycles. The number of hydrogen-bond acceptors (Lipinski definition) is 5. The fourth-order valence-corrected chi connectivity index (χ4v) is 3.65. The zero-order valence-electron chi connectivity index (χ0n) is 15.5. The first-order chi connectivity index (χ1) is 14.4. The zero-order valence-corrected chi connectivity index (χ0v) is 17.1. The first-order valence-electron chi connectivity index (χ1n) is 8.76. The second-order valence-electron chi connectivity index (χ2n) is 6.07. The SMILES string of the molecule is O=C(CN1C(=O)/C(=C/C=C/c2ccccc2)SC1=S)NNC(=O)c1ccc(F)cc1. The second-order valence-corrected chi connectivity index (χ2v) is 7.74. The number of thiocarbonyl (C=S) groups is 1. The third-order valence-electron chi connectivity index (χ3n) is 3.93. The molecule has 0 atom stereocenters. The summed E-state index contributed by atoms with van der Waals surface area (Å²) in [5.41, 5.74) is 5.59. The number of benzene rings is 2. The van der Waals surface area contributed by atoms with E-state index >= 15 is 0 Å². The van der Waals surface area contributed by atoms with Crippen LogP contribution in [0.5, 0.6) is 0 Å². The Morgan fingerprint density at radius 3 is 2.47 bits per heavy atom. The molecule has 3 amide bonds. The summed E-state index contributed by atoms with van der Waals surface area (Å²) in [6.07, 6.45) is 5.23. The average Bonchev–Trinajstić information content (AvgIpc) is 3.01. The molecule has 1 fully saturated rings. The number of halogens is 1. The molecule has 6 nitrogen and oxygen atoms in total. The smallest absolute Gasteiger partial charge is 0.269 e. The first-order valence-corrected chi connectivity index (χ1v) is 9.98. The molecule has 0 aliphatic carbocycles. The molecule has 1 aliphatic heterocycles. The molecule has 3 rings (SSSR count). The quantitative estimate of drug-likeness (QED) is 0.424. The highest BCUT2D eigenvalue weighted by atomic mass is 32.2. The number of hydrazine groups is 1. The van der Waals surface area contributed by atoms with Gasteiger partial charge >= 0.3 is 0 Å². The molecule has 9 heteroatoms. The maximum atomic E-state index is 12.9. The molecular formula is C21H16FN3O3S2. The Morgan fingerprint density at radius 2 is 1.77 bits per heavy atom. The Hall–Kier alpha value is -3.30. The summed E-state index contributed by atoms with van der Waals surface area (Å²) in [7, 11) is 0. The van der Waals surface area contributed by atoms with Crippen LogP contribution in [0.4, 0.5) is 4.39 Å². The van der Waals surface area contributed by atoms with Crippen molar-refractivity contribution in [2.24, 2.45) is 0 Å². The number of nitrogens with one attached hydrogen (secondary N) is 2. The largest absolute Gasteiger partial charge is 0.283 e. The van der Waals surface area contributed by atoms with Crippen LogP contribution in [0.3, 0.4) is 0 Å². The van der Waals surface area contributed by atoms with Gasteiger partial charge in [0.15, 0.2) is 0 Å². The van der Waals surface area contributed by atoms with Crippen LogP contribution < -0.4 is 10.9 Å². The van der Waals surface area contributed by atoms with E-state index in [1.165, 1.54) is 12.1 Å². The van der Waals surface area contributed by atoms with Crippen LogP contribution in [0, 0.1) is 5.82 Å². The molecule has 1 heterocycles. The third-order valence-corrected chi connectivity index (χ3v) is 5.33. The molecule has 1 aliphatic rings. The van der Waals surface area contributed by atoms with Crippen molar-refractivity contribution in [1.29, 1.82) is 0 Å². The summed E-state index contributed by atoms with van der Waals surface area (Å²) < 4.78 is 13.1. The molecule has 2 N–H and O–H groups in total. The Bertz CT molecular complexity index is 1040. The van der Waals surface area contributed by atoms with Gasteiger partial charge in [-0.2, -0.15) is 0 Å².